The molecule has 2 aromatic carbocycles. The summed E-state index contributed by atoms with van der Waals surface area (Å²) < 4.78 is 18.2. The fourth-order valence-corrected chi connectivity index (χ4v) is 4.46. The van der Waals surface area contributed by atoms with Crippen LogP contribution in [0.4, 0.5) is 0 Å². The predicted molar refractivity (Wildman–Crippen MR) is 124 cm³/mol. The van der Waals surface area contributed by atoms with Crippen LogP contribution < -0.4 is 14.2 Å². The van der Waals surface area contributed by atoms with E-state index in [4.69, 9.17) is 38.0 Å². The maximum atomic E-state index is 12.2. The van der Waals surface area contributed by atoms with E-state index in [1.807, 2.05) is 18.2 Å². The number of hydrogen-bond acceptors (Lipinski definition) is 6. The lowest BCUT2D eigenvalue weighted by Crippen LogP contribution is -2.22. The van der Waals surface area contributed by atoms with Gasteiger partial charge in [0.05, 0.1) is 21.5 Å². The predicted octanol–water partition coefficient (Wildman–Crippen LogP) is 5.40. The Morgan fingerprint density at radius 2 is 1.93 bits per heavy atom. The van der Waals surface area contributed by atoms with Gasteiger partial charge in [-0.15, -0.1) is 0 Å². The van der Waals surface area contributed by atoms with Gasteiger partial charge in [0.25, 0.3) is 5.91 Å². The number of nitrogens with zero attached hydrogens (tertiary/aromatic N) is 1. The standard InChI is InChI=1S/C20H17BrClNO4S2/c1-23-19(24)17(29-20(23)28)11-12-9-13(21)18(16(10-12)25-2)27-8-7-26-15-6-4-3-5-14(15)22/h3-6,9-11H,7-8H2,1-2H3/b17-11+. The number of likely N-dealkylation sites (N-methyl/N-ethyl adjacent to an activating group) is 1. The third-order valence-corrected chi connectivity index (χ3v) is 6.35. The van der Waals surface area contributed by atoms with Gasteiger partial charge in [0.2, 0.25) is 0 Å². The van der Waals surface area contributed by atoms with Crippen LogP contribution in [0, 0.1) is 0 Å². The minimum Gasteiger partial charge on any atom is -0.493 e. The van der Waals surface area contributed by atoms with E-state index in [1.165, 1.54) is 16.7 Å². The number of carbonyl (C=O) groups excluding carboxylic acids is 1. The Labute approximate surface area is 192 Å². The quantitative estimate of drug-likeness (QED) is 0.280. The summed E-state index contributed by atoms with van der Waals surface area (Å²) in [6.45, 7) is 0.619. The van der Waals surface area contributed by atoms with Crippen LogP contribution in [0.5, 0.6) is 17.2 Å². The molecular weight excluding hydrogens is 498 g/mol. The molecule has 2 aromatic rings. The second-order valence-corrected chi connectivity index (χ2v) is 8.84. The van der Waals surface area contributed by atoms with Crippen molar-refractivity contribution in [3.8, 4) is 17.2 Å². The summed E-state index contributed by atoms with van der Waals surface area (Å²) in [7, 11) is 3.22. The zero-order valence-corrected chi connectivity index (χ0v) is 19.6. The lowest BCUT2D eigenvalue weighted by atomic mass is 10.2. The summed E-state index contributed by atoms with van der Waals surface area (Å²) in [6.07, 6.45) is 1.78. The average molecular weight is 515 g/mol. The second-order valence-electron chi connectivity index (χ2n) is 5.90. The highest BCUT2D eigenvalue weighted by Gasteiger charge is 2.28. The van der Waals surface area contributed by atoms with Crippen LogP contribution in [0.2, 0.25) is 5.02 Å². The van der Waals surface area contributed by atoms with Crippen molar-refractivity contribution in [2.75, 3.05) is 27.4 Å². The molecule has 0 radical (unpaired) electrons. The molecule has 5 nitrogen and oxygen atoms in total. The molecule has 1 aliphatic rings. The van der Waals surface area contributed by atoms with Crippen molar-refractivity contribution in [1.29, 1.82) is 0 Å². The smallest absolute Gasteiger partial charge is 0.265 e. The van der Waals surface area contributed by atoms with Crippen molar-refractivity contribution in [2.45, 2.75) is 0 Å². The number of hydrogen-bond donors (Lipinski definition) is 0. The molecule has 0 spiro atoms. The lowest BCUT2D eigenvalue weighted by Gasteiger charge is -2.14. The van der Waals surface area contributed by atoms with E-state index < -0.39 is 0 Å². The van der Waals surface area contributed by atoms with E-state index in [1.54, 1.807) is 38.4 Å². The van der Waals surface area contributed by atoms with Gasteiger partial charge in [-0.2, -0.15) is 0 Å². The third-order valence-electron chi connectivity index (χ3n) is 3.96. The minimum atomic E-state index is -0.118. The van der Waals surface area contributed by atoms with E-state index in [0.29, 0.717) is 49.2 Å². The molecule has 0 aliphatic carbocycles. The second kappa shape index (κ2) is 9.84. The van der Waals surface area contributed by atoms with Gasteiger partial charge >= 0.3 is 0 Å². The van der Waals surface area contributed by atoms with E-state index >= 15 is 0 Å². The maximum Gasteiger partial charge on any atom is 0.265 e. The zero-order chi connectivity index (χ0) is 21.0. The molecule has 0 atom stereocenters. The van der Waals surface area contributed by atoms with Gasteiger partial charge in [-0.05, 0) is 51.8 Å². The number of thioether (sulfide) groups is 1. The van der Waals surface area contributed by atoms with Gasteiger partial charge in [-0.1, -0.05) is 47.7 Å². The van der Waals surface area contributed by atoms with Crippen molar-refractivity contribution >= 4 is 67.8 Å². The summed E-state index contributed by atoms with van der Waals surface area (Å²) in [4.78, 5) is 14.2. The van der Waals surface area contributed by atoms with E-state index in [2.05, 4.69) is 15.9 Å². The van der Waals surface area contributed by atoms with Gasteiger partial charge in [-0.3, -0.25) is 9.69 Å². The van der Waals surface area contributed by atoms with Crippen molar-refractivity contribution in [2.24, 2.45) is 0 Å². The van der Waals surface area contributed by atoms with Crippen molar-refractivity contribution in [1.82, 2.24) is 4.90 Å². The molecule has 9 heteroatoms. The first-order valence-corrected chi connectivity index (χ1v) is 10.9. The molecule has 1 fully saturated rings. The molecule has 1 saturated heterocycles. The van der Waals surface area contributed by atoms with Gasteiger partial charge < -0.3 is 14.2 Å². The molecule has 1 aliphatic heterocycles. The largest absolute Gasteiger partial charge is 0.493 e. The Morgan fingerprint density at radius 3 is 2.59 bits per heavy atom. The average Bonchev–Trinajstić information content (AvgIpc) is 2.94. The molecule has 1 amide bonds. The summed E-state index contributed by atoms with van der Waals surface area (Å²) in [5, 5.41) is 0.549. The van der Waals surface area contributed by atoms with Crippen molar-refractivity contribution < 1.29 is 19.0 Å². The van der Waals surface area contributed by atoms with Crippen LogP contribution in [0.15, 0.2) is 45.8 Å². The zero-order valence-electron chi connectivity index (χ0n) is 15.6. The van der Waals surface area contributed by atoms with Gasteiger partial charge in [0, 0.05) is 7.05 Å². The minimum absolute atomic E-state index is 0.118. The molecule has 3 rings (SSSR count). The highest BCUT2D eigenvalue weighted by molar-refractivity contribution is 9.10. The van der Waals surface area contributed by atoms with Gasteiger partial charge in [0.15, 0.2) is 11.5 Å². The number of para-hydroxylation sites is 1. The SMILES string of the molecule is COc1cc(/C=C2/SC(=S)N(C)C2=O)cc(Br)c1OCCOc1ccccc1Cl. The summed E-state index contributed by atoms with van der Waals surface area (Å²) in [5.41, 5.74) is 0.794. The number of ether oxygens (including phenoxy) is 3. The molecule has 0 bridgehead atoms. The van der Waals surface area contributed by atoms with Crippen molar-refractivity contribution in [3.63, 3.8) is 0 Å². The number of thiocarbonyl (C=S) groups is 1. The Morgan fingerprint density at radius 1 is 1.21 bits per heavy atom. The number of rotatable bonds is 7. The van der Waals surface area contributed by atoms with E-state index in [-0.39, 0.29) is 5.91 Å². The van der Waals surface area contributed by atoms with E-state index in [0.717, 1.165) is 5.56 Å². The third kappa shape index (κ3) is 5.25. The molecule has 152 valence electrons. The van der Waals surface area contributed by atoms with Gasteiger partial charge in [0.1, 0.15) is 23.3 Å². The first-order valence-electron chi connectivity index (χ1n) is 8.50. The fraction of sp³-hybridized carbons (Fsp3) is 0.200. The van der Waals surface area contributed by atoms with Crippen LogP contribution in [0.25, 0.3) is 6.08 Å². The molecule has 29 heavy (non-hydrogen) atoms. The van der Waals surface area contributed by atoms with Crippen LogP contribution >= 0.6 is 51.5 Å². The topological polar surface area (TPSA) is 48.0 Å². The molecule has 0 N–H and O–H groups in total. The summed E-state index contributed by atoms with van der Waals surface area (Å²) in [5.74, 6) is 1.57. The Kier molecular flexibility index (Phi) is 7.45. The van der Waals surface area contributed by atoms with Gasteiger partial charge in [-0.25, -0.2) is 0 Å². The number of carbonyl (C=O) groups is 1. The Balaban J connectivity index is 1.69. The molecule has 0 unspecified atom stereocenters. The van der Waals surface area contributed by atoms with Crippen LogP contribution in [-0.4, -0.2) is 42.5 Å². The Bertz CT molecular complexity index is 983. The molecule has 1 heterocycles. The molecular formula is C20H17BrClNO4S2. The van der Waals surface area contributed by atoms with Crippen LogP contribution in [-0.2, 0) is 4.79 Å². The van der Waals surface area contributed by atoms with E-state index in [9.17, 15) is 4.79 Å². The monoisotopic (exact) mass is 513 g/mol. The highest BCUT2D eigenvalue weighted by Crippen LogP contribution is 2.39. The Hall–Kier alpha value is -1.74. The molecule has 0 aromatic heterocycles. The maximum absolute atomic E-state index is 12.2. The molecule has 0 saturated carbocycles. The number of halogens is 2. The number of methoxy groups -OCH3 is 1. The van der Waals surface area contributed by atoms with Crippen molar-refractivity contribution in [3.05, 3.63) is 56.4 Å². The van der Waals surface area contributed by atoms with Crippen LogP contribution in [0.1, 0.15) is 5.56 Å². The summed E-state index contributed by atoms with van der Waals surface area (Å²) in [6, 6.07) is 10.9. The highest BCUT2D eigenvalue weighted by atomic mass is 79.9. The summed E-state index contributed by atoms with van der Waals surface area (Å²) >= 11 is 16.0. The first-order chi connectivity index (χ1) is 13.9. The first kappa shape index (κ1) is 22.0. The van der Waals surface area contributed by atoms with Crippen LogP contribution in [0.3, 0.4) is 0 Å². The fourth-order valence-electron chi connectivity index (χ4n) is 2.52. The number of benzene rings is 2. The number of amides is 1. The normalized spacial score (nSPS) is 15.2. The lowest BCUT2D eigenvalue weighted by molar-refractivity contribution is -0.121.